The lowest BCUT2D eigenvalue weighted by Crippen LogP contribution is -2.30. The first-order valence-corrected chi connectivity index (χ1v) is 9.15. The van der Waals surface area contributed by atoms with Crippen molar-refractivity contribution in [3.63, 3.8) is 0 Å². The number of nitrogens with zero attached hydrogens (tertiary/aromatic N) is 2. The van der Waals surface area contributed by atoms with E-state index in [0.29, 0.717) is 36.0 Å². The number of benzene rings is 2. The van der Waals surface area contributed by atoms with Gasteiger partial charge in [-0.05, 0) is 42.8 Å². The fraction of sp³-hybridized carbons (Fsp3) is 0.286. The zero-order valence-corrected chi connectivity index (χ0v) is 16.5. The average molecular weight is 387 g/mol. The third-order valence-electron chi connectivity index (χ3n) is 4.55. The number of hydrogen-bond acceptors (Lipinski definition) is 3. The van der Waals surface area contributed by atoms with Crippen LogP contribution in [0.15, 0.2) is 48.5 Å². The summed E-state index contributed by atoms with van der Waals surface area (Å²) in [5, 5.41) is 1.57. The number of rotatable bonds is 7. The number of fused-ring (bicyclic) bond motifs is 1. The van der Waals surface area contributed by atoms with E-state index in [1.807, 2.05) is 54.1 Å². The Kier molecular flexibility index (Phi) is 5.91. The van der Waals surface area contributed by atoms with E-state index < -0.39 is 0 Å². The highest BCUT2D eigenvalue weighted by Gasteiger charge is 2.17. The molecule has 3 aromatic rings. The summed E-state index contributed by atoms with van der Waals surface area (Å²) >= 11 is 6.07. The third kappa shape index (κ3) is 4.19. The monoisotopic (exact) mass is 386 g/mol. The molecule has 27 heavy (non-hydrogen) atoms. The Hall–Kier alpha value is -2.66. The van der Waals surface area contributed by atoms with Crippen LogP contribution >= 0.6 is 11.6 Å². The van der Waals surface area contributed by atoms with Gasteiger partial charge in [-0.2, -0.15) is 0 Å². The molecule has 0 aliphatic heterocycles. The first-order chi connectivity index (χ1) is 13.0. The Bertz CT molecular complexity index is 952. The fourth-order valence-corrected chi connectivity index (χ4v) is 3.19. The molecule has 0 aliphatic carbocycles. The van der Waals surface area contributed by atoms with Crippen LogP contribution in [0.2, 0.25) is 5.02 Å². The number of halogens is 1. The lowest BCUT2D eigenvalue weighted by Gasteiger charge is -2.18. The minimum absolute atomic E-state index is 0.0228. The number of aryl methyl sites for hydroxylation is 1. The van der Waals surface area contributed by atoms with Crippen molar-refractivity contribution in [1.82, 2.24) is 9.47 Å². The second kappa shape index (κ2) is 8.35. The maximum absolute atomic E-state index is 12.8. The highest BCUT2D eigenvalue weighted by molar-refractivity contribution is 6.32. The van der Waals surface area contributed by atoms with E-state index in [1.165, 1.54) is 0 Å². The predicted molar refractivity (Wildman–Crippen MR) is 108 cm³/mol. The van der Waals surface area contributed by atoms with Gasteiger partial charge in [0, 0.05) is 31.5 Å². The van der Waals surface area contributed by atoms with Crippen LogP contribution in [-0.2, 0) is 7.05 Å². The summed E-state index contributed by atoms with van der Waals surface area (Å²) < 4.78 is 12.9. The number of aromatic nitrogens is 1. The van der Waals surface area contributed by atoms with Crippen LogP contribution in [0.25, 0.3) is 10.9 Å². The molecule has 0 saturated heterocycles. The smallest absolute Gasteiger partial charge is 0.270 e. The fourth-order valence-electron chi connectivity index (χ4n) is 3.00. The van der Waals surface area contributed by atoms with Crippen LogP contribution in [0.5, 0.6) is 11.5 Å². The number of methoxy groups -OCH3 is 1. The van der Waals surface area contributed by atoms with E-state index in [-0.39, 0.29) is 5.91 Å². The maximum atomic E-state index is 12.8. The van der Waals surface area contributed by atoms with E-state index in [0.717, 1.165) is 16.7 Å². The summed E-state index contributed by atoms with van der Waals surface area (Å²) in [6.45, 7) is 1.09. The molecule has 3 rings (SSSR count). The molecule has 0 saturated carbocycles. The first-order valence-electron chi connectivity index (χ1n) is 8.77. The lowest BCUT2D eigenvalue weighted by atomic mass is 10.2. The molecule has 1 aromatic heterocycles. The van der Waals surface area contributed by atoms with E-state index in [4.69, 9.17) is 21.1 Å². The van der Waals surface area contributed by atoms with Gasteiger partial charge >= 0.3 is 0 Å². The van der Waals surface area contributed by atoms with Crippen molar-refractivity contribution in [2.24, 2.45) is 7.05 Å². The third-order valence-corrected chi connectivity index (χ3v) is 4.86. The minimum Gasteiger partial charge on any atom is -0.497 e. The Balaban J connectivity index is 1.61. The van der Waals surface area contributed by atoms with Crippen molar-refractivity contribution in [2.45, 2.75) is 6.42 Å². The van der Waals surface area contributed by atoms with Crippen molar-refractivity contribution >= 4 is 28.4 Å². The highest BCUT2D eigenvalue weighted by Crippen LogP contribution is 2.25. The molecular formula is C21H23ClN2O3. The maximum Gasteiger partial charge on any atom is 0.270 e. The number of hydrogen-bond donors (Lipinski definition) is 0. The molecule has 0 bridgehead atoms. The molecule has 0 N–H and O–H groups in total. The molecular weight excluding hydrogens is 364 g/mol. The van der Waals surface area contributed by atoms with Crippen LogP contribution in [0, 0.1) is 0 Å². The number of ether oxygens (including phenoxy) is 2. The van der Waals surface area contributed by atoms with E-state index in [2.05, 4.69) is 0 Å². The summed E-state index contributed by atoms with van der Waals surface area (Å²) in [5.74, 6) is 1.42. The van der Waals surface area contributed by atoms with Gasteiger partial charge in [0.05, 0.1) is 18.7 Å². The molecule has 6 heteroatoms. The highest BCUT2D eigenvalue weighted by atomic mass is 35.5. The standard InChI is InChI=1S/C21H23ClN2O3/c1-23(11-6-12-27-20-8-5-4-7-17(20)22)21(25)19-14-15-13-16(26-3)9-10-18(15)24(19)2/h4-5,7-10,13-14H,6,11-12H2,1-3H3. The molecule has 0 spiro atoms. The zero-order chi connectivity index (χ0) is 19.4. The molecule has 1 amide bonds. The van der Waals surface area contributed by atoms with Gasteiger partial charge < -0.3 is 18.9 Å². The normalized spacial score (nSPS) is 10.8. The molecule has 1 heterocycles. The Morgan fingerprint density at radius 1 is 1.19 bits per heavy atom. The van der Waals surface area contributed by atoms with Crippen molar-refractivity contribution in [3.8, 4) is 11.5 Å². The summed E-state index contributed by atoms with van der Waals surface area (Å²) in [6, 6.07) is 15.1. The van der Waals surface area contributed by atoms with Crippen molar-refractivity contribution < 1.29 is 14.3 Å². The molecule has 2 aromatic carbocycles. The Morgan fingerprint density at radius 2 is 1.96 bits per heavy atom. The number of amides is 1. The zero-order valence-electron chi connectivity index (χ0n) is 15.7. The van der Waals surface area contributed by atoms with Gasteiger partial charge in [0.15, 0.2) is 0 Å². The molecule has 0 unspecified atom stereocenters. The Morgan fingerprint density at radius 3 is 2.70 bits per heavy atom. The van der Waals surface area contributed by atoms with Gasteiger partial charge in [0.1, 0.15) is 17.2 Å². The molecule has 0 radical (unpaired) electrons. The van der Waals surface area contributed by atoms with Crippen LogP contribution in [0.3, 0.4) is 0 Å². The van der Waals surface area contributed by atoms with Crippen molar-refractivity contribution in [3.05, 3.63) is 59.2 Å². The minimum atomic E-state index is -0.0228. The summed E-state index contributed by atoms with van der Waals surface area (Å²) in [5.41, 5.74) is 1.64. The second-order valence-corrected chi connectivity index (χ2v) is 6.78. The van der Waals surface area contributed by atoms with Gasteiger partial charge in [-0.3, -0.25) is 4.79 Å². The average Bonchev–Trinajstić information content (AvgIpc) is 3.01. The van der Waals surface area contributed by atoms with Gasteiger partial charge in [0.2, 0.25) is 0 Å². The largest absolute Gasteiger partial charge is 0.497 e. The second-order valence-electron chi connectivity index (χ2n) is 6.37. The van der Waals surface area contributed by atoms with Crippen molar-refractivity contribution in [1.29, 1.82) is 0 Å². The predicted octanol–water partition coefficient (Wildman–Crippen LogP) is 4.38. The number of para-hydroxylation sites is 1. The lowest BCUT2D eigenvalue weighted by molar-refractivity contribution is 0.0779. The first kappa shape index (κ1) is 19.1. The SMILES string of the molecule is COc1ccc2c(c1)cc(C(=O)N(C)CCCOc1ccccc1Cl)n2C. The molecule has 142 valence electrons. The van der Waals surface area contributed by atoms with Crippen molar-refractivity contribution in [2.75, 3.05) is 27.3 Å². The summed E-state index contributed by atoms with van der Waals surface area (Å²) in [6.07, 6.45) is 0.714. The molecule has 0 aliphatic rings. The van der Waals surface area contributed by atoms with Crippen LogP contribution in [-0.4, -0.2) is 42.7 Å². The van der Waals surface area contributed by atoms with Gasteiger partial charge in [-0.25, -0.2) is 0 Å². The summed E-state index contributed by atoms with van der Waals surface area (Å²) in [4.78, 5) is 14.5. The molecule has 5 nitrogen and oxygen atoms in total. The van der Waals surface area contributed by atoms with E-state index >= 15 is 0 Å². The van der Waals surface area contributed by atoms with Gasteiger partial charge in [0.25, 0.3) is 5.91 Å². The quantitative estimate of drug-likeness (QED) is 0.566. The van der Waals surface area contributed by atoms with Gasteiger partial charge in [-0.1, -0.05) is 23.7 Å². The number of carbonyl (C=O) groups is 1. The van der Waals surface area contributed by atoms with E-state index in [9.17, 15) is 4.79 Å². The van der Waals surface area contributed by atoms with Crippen LogP contribution in [0.4, 0.5) is 0 Å². The molecule has 0 fully saturated rings. The van der Waals surface area contributed by atoms with Crippen LogP contribution in [0.1, 0.15) is 16.9 Å². The van der Waals surface area contributed by atoms with E-state index in [1.54, 1.807) is 25.1 Å². The molecule has 0 atom stereocenters. The summed E-state index contributed by atoms with van der Waals surface area (Å²) in [7, 11) is 5.33. The van der Waals surface area contributed by atoms with Crippen LogP contribution < -0.4 is 9.47 Å². The number of carbonyl (C=O) groups excluding carboxylic acids is 1. The topological polar surface area (TPSA) is 43.7 Å². The van der Waals surface area contributed by atoms with Gasteiger partial charge in [-0.15, -0.1) is 0 Å². The Labute approximate surface area is 164 Å².